The van der Waals surface area contributed by atoms with Crippen LogP contribution in [0.25, 0.3) is 55.3 Å². The molecule has 0 amide bonds. The standard InChI is InChI=1S/C59H41N/c1-4-20-43(21-5-1)51-29-12-13-30-52(51)55-32-15-17-34-58(55)60(49-28-18-23-45(40-49)46-36-35-42-19-10-11-22-44(42)39-46)50-37-38-54-53-31-14-16-33-56(53)59(57(54)41-50,47-24-6-2-7-25-47)48-26-8-3-9-27-48/h1-41H. The van der Waals surface area contributed by atoms with Gasteiger partial charge in [0, 0.05) is 16.9 Å². The lowest BCUT2D eigenvalue weighted by atomic mass is 9.67. The molecule has 0 bridgehead atoms. The average molecular weight is 764 g/mol. The van der Waals surface area contributed by atoms with Gasteiger partial charge < -0.3 is 4.90 Å². The fourth-order valence-corrected chi connectivity index (χ4v) is 9.68. The maximum absolute atomic E-state index is 2.48. The van der Waals surface area contributed by atoms with Gasteiger partial charge in [-0.3, -0.25) is 0 Å². The zero-order valence-corrected chi connectivity index (χ0v) is 33.1. The van der Waals surface area contributed by atoms with Crippen LogP contribution < -0.4 is 4.90 Å². The van der Waals surface area contributed by atoms with E-state index >= 15 is 0 Å². The Kier molecular flexibility index (Phi) is 8.79. The van der Waals surface area contributed by atoms with Gasteiger partial charge >= 0.3 is 0 Å². The van der Waals surface area contributed by atoms with Crippen molar-refractivity contribution in [2.75, 3.05) is 4.90 Å². The van der Waals surface area contributed by atoms with Gasteiger partial charge in [0.05, 0.1) is 11.1 Å². The molecular weight excluding hydrogens is 723 g/mol. The highest BCUT2D eigenvalue weighted by atomic mass is 15.1. The number of hydrogen-bond acceptors (Lipinski definition) is 1. The maximum Gasteiger partial charge on any atom is 0.0714 e. The molecule has 0 fully saturated rings. The molecule has 11 rings (SSSR count). The van der Waals surface area contributed by atoms with Crippen molar-refractivity contribution in [3.8, 4) is 44.5 Å². The van der Waals surface area contributed by atoms with Crippen LogP contribution in [0.1, 0.15) is 22.3 Å². The highest BCUT2D eigenvalue weighted by Crippen LogP contribution is 2.57. The Morgan fingerprint density at radius 3 is 1.55 bits per heavy atom. The summed E-state index contributed by atoms with van der Waals surface area (Å²) in [5.41, 5.74) is 17.5. The molecule has 10 aromatic rings. The summed E-state index contributed by atoms with van der Waals surface area (Å²) in [6, 6.07) is 91.2. The fraction of sp³-hybridized carbons (Fsp3) is 0.0169. The third kappa shape index (κ3) is 5.86. The van der Waals surface area contributed by atoms with Gasteiger partial charge in [0.1, 0.15) is 0 Å². The summed E-state index contributed by atoms with van der Waals surface area (Å²) < 4.78 is 0. The van der Waals surface area contributed by atoms with Gasteiger partial charge in [0.2, 0.25) is 0 Å². The van der Waals surface area contributed by atoms with Gasteiger partial charge in [0.25, 0.3) is 0 Å². The first-order valence-electron chi connectivity index (χ1n) is 20.8. The van der Waals surface area contributed by atoms with Crippen LogP contribution in [-0.4, -0.2) is 0 Å². The molecule has 282 valence electrons. The van der Waals surface area contributed by atoms with E-state index in [1.807, 2.05) is 0 Å². The van der Waals surface area contributed by atoms with Crippen LogP contribution in [0, 0.1) is 0 Å². The fourth-order valence-electron chi connectivity index (χ4n) is 9.68. The van der Waals surface area contributed by atoms with Crippen molar-refractivity contribution < 1.29 is 0 Å². The van der Waals surface area contributed by atoms with Gasteiger partial charge in [0.15, 0.2) is 0 Å². The predicted molar refractivity (Wildman–Crippen MR) is 252 cm³/mol. The highest BCUT2D eigenvalue weighted by Gasteiger charge is 2.46. The maximum atomic E-state index is 2.48. The summed E-state index contributed by atoms with van der Waals surface area (Å²) in [5.74, 6) is 0. The van der Waals surface area contributed by atoms with E-state index in [-0.39, 0.29) is 0 Å². The lowest BCUT2D eigenvalue weighted by Crippen LogP contribution is -2.28. The Morgan fingerprint density at radius 2 is 0.800 bits per heavy atom. The molecule has 10 aromatic carbocycles. The molecule has 0 aliphatic heterocycles. The van der Waals surface area contributed by atoms with E-state index in [1.54, 1.807) is 0 Å². The van der Waals surface area contributed by atoms with E-state index in [1.165, 1.54) is 72.0 Å². The van der Waals surface area contributed by atoms with Crippen molar-refractivity contribution in [2.45, 2.75) is 5.41 Å². The molecule has 0 radical (unpaired) electrons. The Balaban J connectivity index is 1.18. The molecule has 1 heteroatoms. The van der Waals surface area contributed by atoms with Gasteiger partial charge in [-0.05, 0) is 108 Å². The first-order chi connectivity index (χ1) is 29.8. The van der Waals surface area contributed by atoms with Crippen LogP contribution in [0.15, 0.2) is 249 Å². The number of hydrogen-bond donors (Lipinski definition) is 0. The van der Waals surface area contributed by atoms with Crippen molar-refractivity contribution in [3.05, 3.63) is 271 Å². The van der Waals surface area contributed by atoms with Crippen molar-refractivity contribution in [2.24, 2.45) is 0 Å². The second kappa shape index (κ2) is 14.9. The van der Waals surface area contributed by atoms with Crippen LogP contribution in [0.2, 0.25) is 0 Å². The molecule has 1 aliphatic carbocycles. The molecule has 0 N–H and O–H groups in total. The van der Waals surface area contributed by atoms with Crippen molar-refractivity contribution in [1.29, 1.82) is 0 Å². The van der Waals surface area contributed by atoms with Crippen molar-refractivity contribution in [3.63, 3.8) is 0 Å². The van der Waals surface area contributed by atoms with Crippen LogP contribution in [0.4, 0.5) is 17.1 Å². The number of rotatable bonds is 8. The van der Waals surface area contributed by atoms with Crippen LogP contribution in [0.3, 0.4) is 0 Å². The Labute approximate surface area is 352 Å². The number of para-hydroxylation sites is 1. The van der Waals surface area contributed by atoms with Crippen LogP contribution in [0.5, 0.6) is 0 Å². The van der Waals surface area contributed by atoms with Gasteiger partial charge in [-0.1, -0.05) is 212 Å². The molecule has 0 unspecified atom stereocenters. The second-order valence-corrected chi connectivity index (χ2v) is 15.6. The SMILES string of the molecule is c1ccc(-c2ccccc2-c2ccccc2N(c2cccc(-c3ccc4ccccc4c3)c2)c2ccc3c(c2)C(c2ccccc2)(c2ccccc2)c2ccccc2-3)cc1. The van der Waals surface area contributed by atoms with E-state index in [9.17, 15) is 0 Å². The van der Waals surface area contributed by atoms with E-state index in [4.69, 9.17) is 0 Å². The second-order valence-electron chi connectivity index (χ2n) is 15.6. The minimum absolute atomic E-state index is 0.525. The van der Waals surface area contributed by atoms with Gasteiger partial charge in [-0.25, -0.2) is 0 Å². The summed E-state index contributed by atoms with van der Waals surface area (Å²) in [7, 11) is 0. The minimum Gasteiger partial charge on any atom is -0.310 e. The summed E-state index contributed by atoms with van der Waals surface area (Å²) in [6.07, 6.45) is 0. The quantitative estimate of drug-likeness (QED) is 0.149. The lowest BCUT2D eigenvalue weighted by molar-refractivity contribution is 0.768. The molecule has 0 aromatic heterocycles. The summed E-state index contributed by atoms with van der Waals surface area (Å²) in [6.45, 7) is 0. The first-order valence-corrected chi connectivity index (χ1v) is 20.8. The van der Waals surface area contributed by atoms with Crippen LogP contribution in [-0.2, 0) is 5.41 Å². The third-order valence-electron chi connectivity index (χ3n) is 12.3. The normalized spacial score (nSPS) is 12.5. The molecule has 1 aliphatic rings. The highest BCUT2D eigenvalue weighted by molar-refractivity contribution is 5.96. The zero-order valence-electron chi connectivity index (χ0n) is 33.1. The van der Waals surface area contributed by atoms with Gasteiger partial charge in [-0.2, -0.15) is 0 Å². The van der Waals surface area contributed by atoms with E-state index in [2.05, 4.69) is 254 Å². The average Bonchev–Trinajstić information content (AvgIpc) is 3.63. The molecule has 60 heavy (non-hydrogen) atoms. The minimum atomic E-state index is -0.525. The van der Waals surface area contributed by atoms with E-state index < -0.39 is 5.41 Å². The molecule has 0 saturated carbocycles. The van der Waals surface area contributed by atoms with Crippen molar-refractivity contribution >= 4 is 27.8 Å². The Bertz CT molecular complexity index is 3110. The van der Waals surface area contributed by atoms with E-state index in [0.717, 1.165) is 22.6 Å². The topological polar surface area (TPSA) is 3.24 Å². The Morgan fingerprint density at radius 1 is 0.267 bits per heavy atom. The van der Waals surface area contributed by atoms with E-state index in [0.29, 0.717) is 0 Å². The summed E-state index contributed by atoms with van der Waals surface area (Å²) >= 11 is 0. The number of fused-ring (bicyclic) bond motifs is 4. The number of anilines is 3. The predicted octanol–water partition coefficient (Wildman–Crippen LogP) is 15.7. The van der Waals surface area contributed by atoms with Crippen molar-refractivity contribution in [1.82, 2.24) is 0 Å². The smallest absolute Gasteiger partial charge is 0.0714 e. The third-order valence-corrected chi connectivity index (χ3v) is 12.3. The molecule has 0 spiro atoms. The van der Waals surface area contributed by atoms with Gasteiger partial charge in [-0.15, -0.1) is 0 Å². The molecule has 0 heterocycles. The lowest BCUT2D eigenvalue weighted by Gasteiger charge is -2.35. The molecule has 0 atom stereocenters. The molecule has 0 saturated heterocycles. The molecule has 1 nitrogen and oxygen atoms in total. The first kappa shape index (κ1) is 35.4. The number of nitrogens with zero attached hydrogens (tertiary/aromatic N) is 1. The summed E-state index contributed by atoms with van der Waals surface area (Å²) in [4.78, 5) is 2.48. The number of benzene rings is 10. The summed E-state index contributed by atoms with van der Waals surface area (Å²) in [5, 5.41) is 2.47. The largest absolute Gasteiger partial charge is 0.310 e. The zero-order chi connectivity index (χ0) is 39.9. The monoisotopic (exact) mass is 763 g/mol. The molecular formula is C59H41N. The Hall–Kier alpha value is -7.74. The van der Waals surface area contributed by atoms with Crippen LogP contribution >= 0.6 is 0 Å².